The van der Waals surface area contributed by atoms with Gasteiger partial charge in [0.2, 0.25) is 76.8 Å². The summed E-state index contributed by atoms with van der Waals surface area (Å²) in [6, 6.07) is 15.4. The Balaban J connectivity index is 1.13. The van der Waals surface area contributed by atoms with Gasteiger partial charge in [0.25, 0.3) is 0 Å². The predicted molar refractivity (Wildman–Crippen MR) is 457 cm³/mol. The number of aliphatic hydroxyl groups is 1. The van der Waals surface area contributed by atoms with Gasteiger partial charge in [-0.05, 0) is 139 Å². The van der Waals surface area contributed by atoms with E-state index in [1.807, 2.05) is 55.6 Å². The Hall–Kier alpha value is -13.5. The second-order valence-electron chi connectivity index (χ2n) is 31.3. The minimum atomic E-state index is -1.98. The number of carboxylic acids is 2. The van der Waals surface area contributed by atoms with E-state index in [-0.39, 0.29) is 79.5 Å². The summed E-state index contributed by atoms with van der Waals surface area (Å²) >= 11 is 6.27. The van der Waals surface area contributed by atoms with Crippen LogP contribution in [-0.2, 0) is 104 Å². The molecule has 3 heterocycles. The molecule has 6 aromatic rings. The number of hydrogen-bond acceptors (Lipinski definition) is 20. The van der Waals surface area contributed by atoms with Crippen molar-refractivity contribution in [2.75, 3.05) is 43.4 Å². The Labute approximate surface area is 725 Å². The van der Waals surface area contributed by atoms with Crippen LogP contribution in [0.2, 0.25) is 5.02 Å². The van der Waals surface area contributed by atoms with Crippen molar-refractivity contribution in [1.82, 2.24) is 78.6 Å². The Morgan fingerprint density at radius 1 is 0.544 bits per heavy atom. The maximum Gasteiger partial charge on any atom is 0.323 e. The monoisotopic (exact) mass is 1750 g/mol. The molecule has 2 aliphatic heterocycles. The van der Waals surface area contributed by atoms with Crippen molar-refractivity contribution in [3.8, 4) is 0 Å². The molecule has 11 atom stereocenters. The van der Waals surface area contributed by atoms with Gasteiger partial charge in [-0.15, -0.1) is 0 Å². The van der Waals surface area contributed by atoms with E-state index >= 15 is 28.8 Å². The van der Waals surface area contributed by atoms with Gasteiger partial charge in [0.05, 0.1) is 13.0 Å². The minimum Gasteiger partial charge on any atom is -0.480 e. The number of benzene rings is 5. The summed E-state index contributed by atoms with van der Waals surface area (Å²) < 4.78 is 0. The number of carbonyl (C=O) groups is 17. The van der Waals surface area contributed by atoms with E-state index < -0.39 is 206 Å². The molecule has 0 spiro atoms. The largest absolute Gasteiger partial charge is 0.480 e. The number of pyridine rings is 1. The van der Waals surface area contributed by atoms with E-state index in [9.17, 15) is 68.1 Å². The Kier molecular flexibility index (Phi) is 36.6. The van der Waals surface area contributed by atoms with Gasteiger partial charge >= 0.3 is 24.0 Å². The Morgan fingerprint density at radius 3 is 1.53 bits per heavy atom. The number of halogens is 1. The van der Waals surface area contributed by atoms with Gasteiger partial charge < -0.3 is 100.0 Å². The summed E-state index contributed by atoms with van der Waals surface area (Å²) in [4.78, 5) is 239. The third-order valence-corrected chi connectivity index (χ3v) is 20.6. The fraction of sp³-hybridized carbons (Fsp3) is 0.419. The minimum absolute atomic E-state index is 0.00138. The van der Waals surface area contributed by atoms with Crippen LogP contribution < -0.4 is 80.2 Å². The number of urea groups is 2. The van der Waals surface area contributed by atoms with Crippen LogP contribution >= 0.6 is 11.6 Å². The number of hydrogen-bond donors (Lipinski definition) is 18. The number of anilines is 2. The molecule has 38 nitrogen and oxygen atoms in total. The molecule has 0 bridgehead atoms. The second kappa shape index (κ2) is 47.2. The van der Waals surface area contributed by atoms with Gasteiger partial charge in [-0.3, -0.25) is 82.2 Å². The van der Waals surface area contributed by atoms with Crippen LogP contribution in [0.25, 0.3) is 10.8 Å². The number of carboxylic acid groups (broad SMARTS) is 2. The molecular weight excluding hydrogens is 1640 g/mol. The molecular formula is C86H107ClN18O20. The molecule has 0 saturated carbocycles. The lowest BCUT2D eigenvalue weighted by atomic mass is 9.99. The van der Waals surface area contributed by atoms with Gasteiger partial charge in [-0.25, -0.2) is 9.59 Å². The molecule has 1 unspecified atom stereocenters. The first-order chi connectivity index (χ1) is 59.5. The van der Waals surface area contributed by atoms with Gasteiger partial charge in [0.1, 0.15) is 79.5 Å². The fourth-order valence-corrected chi connectivity index (χ4v) is 14.1. The number of imide groups is 1. The normalized spacial score (nSPS) is 15.8. The van der Waals surface area contributed by atoms with Gasteiger partial charge in [0.15, 0.2) is 0 Å². The molecule has 2 saturated heterocycles. The predicted octanol–water partition coefficient (Wildman–Crippen LogP) is 1.03. The highest BCUT2D eigenvalue weighted by Crippen LogP contribution is 2.24. The number of rotatable bonds is 45. The van der Waals surface area contributed by atoms with E-state index in [1.54, 1.807) is 56.3 Å². The van der Waals surface area contributed by atoms with Crippen LogP contribution in [0.4, 0.5) is 21.0 Å². The first-order valence-corrected chi connectivity index (χ1v) is 41.2. The number of primary amides is 1. The zero-order chi connectivity index (χ0) is 91.1. The summed E-state index contributed by atoms with van der Waals surface area (Å²) in [5.74, 6) is -14.7. The van der Waals surface area contributed by atoms with Crippen LogP contribution in [0.5, 0.6) is 0 Å². The maximum atomic E-state index is 15.6. The number of aromatic nitrogens is 1. The highest BCUT2D eigenvalue weighted by molar-refractivity contribution is 6.30. The number of amides is 17. The zero-order valence-electron chi connectivity index (χ0n) is 69.9. The van der Waals surface area contributed by atoms with Crippen molar-refractivity contribution in [2.24, 2.45) is 11.7 Å². The summed E-state index contributed by atoms with van der Waals surface area (Å²) in [6.45, 7) is 7.46. The van der Waals surface area contributed by atoms with E-state index in [4.69, 9.17) is 17.3 Å². The highest BCUT2D eigenvalue weighted by atomic mass is 35.5. The molecule has 1 aromatic heterocycles. The Bertz CT molecular complexity index is 4840. The van der Waals surface area contributed by atoms with Crippen molar-refractivity contribution in [3.05, 3.63) is 173 Å². The second-order valence-corrected chi connectivity index (χ2v) is 31.8. The molecule has 39 heteroatoms. The average molecular weight is 1750 g/mol. The van der Waals surface area contributed by atoms with Crippen molar-refractivity contribution >= 4 is 135 Å². The van der Waals surface area contributed by atoms with Gasteiger partial charge in [-0.2, -0.15) is 0 Å². The van der Waals surface area contributed by atoms with Crippen LogP contribution in [0.15, 0.2) is 140 Å². The number of aliphatic hydroxyl groups excluding tert-OH is 1. The lowest BCUT2D eigenvalue weighted by Crippen LogP contribution is -2.62. The topological polar surface area (TPSA) is 565 Å². The van der Waals surface area contributed by atoms with Gasteiger partial charge in [0, 0.05) is 80.4 Å². The third-order valence-electron chi connectivity index (χ3n) is 20.4. The summed E-state index contributed by atoms with van der Waals surface area (Å²) in [5.41, 5.74) is 7.57. The lowest BCUT2D eigenvalue weighted by Gasteiger charge is -2.31. The molecule has 0 aliphatic carbocycles. The molecule has 19 N–H and O–H groups in total. The van der Waals surface area contributed by atoms with Crippen LogP contribution in [0.1, 0.15) is 114 Å². The molecule has 0 radical (unpaired) electrons. The summed E-state index contributed by atoms with van der Waals surface area (Å²) in [7, 11) is 0. The molecule has 8 rings (SSSR count). The van der Waals surface area contributed by atoms with E-state index in [0.717, 1.165) is 10.8 Å². The maximum absolute atomic E-state index is 15.6. The Morgan fingerprint density at radius 2 is 1.02 bits per heavy atom. The van der Waals surface area contributed by atoms with Crippen molar-refractivity contribution in [1.29, 1.82) is 0 Å². The number of nitrogens with one attached hydrogen (secondary N) is 14. The van der Waals surface area contributed by atoms with Crippen LogP contribution in [-0.4, -0.2) is 236 Å². The first kappa shape index (κ1) is 97.0. The summed E-state index contributed by atoms with van der Waals surface area (Å²) in [5, 5.41) is 69.0. The van der Waals surface area contributed by atoms with Crippen LogP contribution in [0.3, 0.4) is 0 Å². The summed E-state index contributed by atoms with van der Waals surface area (Å²) in [6.07, 6.45) is 2.40. The number of fused-ring (bicyclic) bond motifs is 1. The average Bonchev–Trinajstić information content (AvgIpc) is 1.76. The molecule has 668 valence electrons. The van der Waals surface area contributed by atoms with Crippen molar-refractivity contribution in [3.63, 3.8) is 0 Å². The first-order valence-electron chi connectivity index (χ1n) is 40.8. The van der Waals surface area contributed by atoms with Gasteiger partial charge in [-0.1, -0.05) is 124 Å². The van der Waals surface area contributed by atoms with E-state index in [1.165, 1.54) is 79.7 Å². The molecule has 125 heavy (non-hydrogen) atoms. The third kappa shape index (κ3) is 31.1. The number of carbonyl (C=O) groups excluding carboxylic acids is 15. The lowest BCUT2D eigenvalue weighted by molar-refractivity contribution is -0.142. The molecule has 17 amide bonds. The molecule has 2 aliphatic rings. The molecule has 5 aromatic carbocycles. The smallest absolute Gasteiger partial charge is 0.323 e. The SMILES string of the molecule is CC(=O)N[C@H](Cc1ccc2ccccc2c1)C(=O)N[C@H](Cc1ccc(Cl)cc1)C(=O)N[C@H](Cc1cccnc1)C(=O)N[C@@H](CO)C(=O)N[C@@H](Cc1ccc(NC(=O)C2CC(=O)NC(=O)N2)cc1)C(=O)N[C@H](Cc1ccc(NC(=O)N(CC(=O)O)CC(=O)O)cc1)C(=O)N[C@@H](CC(C)C)C(=O)N[C@@H](CCCCNC(C)C)C(=O)N1CCC[C@H]1C(=O)N[C@H](C)C(N)=O. The number of likely N-dealkylation sites (tertiary alicyclic amines) is 1. The van der Waals surface area contributed by atoms with E-state index in [0.29, 0.717) is 52.4 Å². The number of nitrogens with zero attached hydrogens (tertiary/aromatic N) is 3. The zero-order valence-corrected chi connectivity index (χ0v) is 70.6. The fourth-order valence-electron chi connectivity index (χ4n) is 14.0. The molecule has 2 fully saturated rings. The van der Waals surface area contributed by atoms with Crippen molar-refractivity contribution < 1.29 is 96.8 Å². The van der Waals surface area contributed by atoms with Crippen molar-refractivity contribution in [2.45, 2.75) is 191 Å². The highest BCUT2D eigenvalue weighted by Gasteiger charge is 2.41. The number of aliphatic carboxylic acids is 2. The standard InChI is InChI=1S/C86H107ClN18O20/c1-47(2)35-62(76(115)95-61(16-9-10-33-90-48(3)4)84(123)105-34-12-17-70(105)83(122)91-49(5)74(88)113)96-78(117)65(38-53-23-30-60(31-24-53)94-86(125)104(44-72(109)110)45-73(111)112)98-80(119)66(39-52-21-28-59(29-22-52)93-75(114)68-42-71(108)103-85(124)102-68)100-82(121)69(46-106)101-81(120)67(41-55-13-11-32-89-43-55)99-79(118)64(37-51-19-26-58(87)27-20-51)97-77(116)63(92-50(6)107)40-54-18-25-56-14-7-8-15-57(56)36-54/h7-8,11,13-15,18-32,36,43,47-49,61-70,90,106H,9-10,12,16-17,33-35,37-42,44-46H2,1-6H3,(H2,88,113)(H,91,122)(H,92,107)(H,93,114)(H,94,125)(H,95,115)(H,96,117)(H,97,116)(H,98,119)(H,99,118)(H,100,121)(H,101,120)(H,109,110)(H,111,112)(H2,102,103,108,124)/t49-,61+,62+,63-,64-,65-,66+,67-,68?,69+,70+/m1/s1. The number of unbranched alkanes of at least 4 members (excludes halogenated alkanes) is 1. The van der Waals surface area contributed by atoms with Crippen LogP contribution in [0, 0.1) is 5.92 Å². The number of nitrogens with two attached hydrogens (primary N) is 1. The quantitative estimate of drug-likeness (QED) is 0.0237. The van der Waals surface area contributed by atoms with E-state index in [2.05, 4.69) is 74.1 Å².